The van der Waals surface area contributed by atoms with Gasteiger partial charge in [-0.1, -0.05) is 6.92 Å². The number of aromatic nitrogens is 1. The van der Waals surface area contributed by atoms with E-state index >= 15 is 0 Å². The topological polar surface area (TPSA) is 87.6 Å². The third-order valence-corrected chi connectivity index (χ3v) is 3.71. The fraction of sp³-hybridized carbons (Fsp3) is 0.278. The molecule has 0 radical (unpaired) electrons. The molecule has 0 fully saturated rings. The van der Waals surface area contributed by atoms with Crippen molar-refractivity contribution in [1.29, 1.82) is 5.26 Å². The van der Waals surface area contributed by atoms with E-state index in [-0.39, 0.29) is 34.9 Å². The first-order valence-corrected chi connectivity index (χ1v) is 7.94. The summed E-state index contributed by atoms with van der Waals surface area (Å²) in [6, 6.07) is 6.64. The molecule has 6 nitrogen and oxygen atoms in total. The minimum Gasteiger partial charge on any atom is -0.494 e. The van der Waals surface area contributed by atoms with Gasteiger partial charge in [-0.05, 0) is 43.2 Å². The van der Waals surface area contributed by atoms with Crippen molar-refractivity contribution in [3.63, 3.8) is 0 Å². The Morgan fingerprint density at radius 3 is 2.48 bits per heavy atom. The largest absolute Gasteiger partial charge is 0.573 e. The second-order valence-corrected chi connectivity index (χ2v) is 5.61. The summed E-state index contributed by atoms with van der Waals surface area (Å²) in [4.78, 5) is 16.3. The molecule has 2 rings (SSSR count). The lowest BCUT2D eigenvalue weighted by atomic mass is 10.1. The van der Waals surface area contributed by atoms with Gasteiger partial charge in [0.05, 0.1) is 11.3 Å². The quantitative estimate of drug-likeness (QED) is 0.801. The van der Waals surface area contributed by atoms with Crippen LogP contribution in [0.5, 0.6) is 11.6 Å². The number of hydrogen-bond donors (Lipinski definition) is 1. The molecule has 2 aromatic rings. The van der Waals surface area contributed by atoms with E-state index in [1.165, 1.54) is 25.3 Å². The molecule has 1 aromatic heterocycles. The van der Waals surface area contributed by atoms with Gasteiger partial charge in [-0.3, -0.25) is 14.4 Å². The van der Waals surface area contributed by atoms with E-state index in [2.05, 4.69) is 9.73 Å². The van der Waals surface area contributed by atoms with Crippen LogP contribution in [-0.4, -0.2) is 22.3 Å². The number of pyridine rings is 1. The molecule has 0 unspecified atom stereocenters. The van der Waals surface area contributed by atoms with Crippen LogP contribution in [0.2, 0.25) is 0 Å². The van der Waals surface area contributed by atoms with Crippen molar-refractivity contribution in [3.8, 4) is 17.7 Å². The maximum atomic E-state index is 12.2. The Morgan fingerprint density at radius 2 is 1.96 bits per heavy atom. The molecule has 0 aliphatic heterocycles. The monoisotopic (exact) mass is 379 g/mol. The van der Waals surface area contributed by atoms with Gasteiger partial charge in [0.2, 0.25) is 5.88 Å². The van der Waals surface area contributed by atoms with E-state index < -0.39 is 11.9 Å². The van der Waals surface area contributed by atoms with Crippen molar-refractivity contribution < 1.29 is 23.0 Å². The van der Waals surface area contributed by atoms with Crippen LogP contribution in [0.4, 0.5) is 18.9 Å². The van der Waals surface area contributed by atoms with E-state index in [0.29, 0.717) is 12.1 Å². The maximum absolute atomic E-state index is 12.2. The van der Waals surface area contributed by atoms with Crippen LogP contribution < -0.4 is 10.3 Å². The number of aliphatic imine (C=N–C) groups is 1. The number of ether oxygens (including phenoxy) is 1. The van der Waals surface area contributed by atoms with Crippen molar-refractivity contribution in [3.05, 3.63) is 51.3 Å². The van der Waals surface area contributed by atoms with E-state index in [9.17, 15) is 28.3 Å². The average Bonchev–Trinajstić information content (AvgIpc) is 2.59. The molecule has 0 saturated heterocycles. The Labute approximate surface area is 152 Å². The number of nitrogens with zero attached hydrogens (tertiary/aromatic N) is 3. The Balaban J connectivity index is 2.41. The van der Waals surface area contributed by atoms with E-state index in [0.717, 1.165) is 16.7 Å². The minimum atomic E-state index is -4.78. The number of aromatic hydroxyl groups is 1. The molecule has 0 spiro atoms. The summed E-state index contributed by atoms with van der Waals surface area (Å²) in [5.74, 6) is -0.706. The zero-order chi connectivity index (χ0) is 20.2. The lowest BCUT2D eigenvalue weighted by Gasteiger charge is -2.13. The Bertz CT molecular complexity index is 956. The molecular weight excluding hydrogens is 363 g/mol. The summed E-state index contributed by atoms with van der Waals surface area (Å²) in [6.07, 6.45) is -2.95. The first-order chi connectivity index (χ1) is 12.7. The van der Waals surface area contributed by atoms with Gasteiger partial charge in [0.1, 0.15) is 17.4 Å². The van der Waals surface area contributed by atoms with Crippen LogP contribution in [0, 0.1) is 18.3 Å². The van der Waals surface area contributed by atoms with Gasteiger partial charge in [0.15, 0.2) is 0 Å². The van der Waals surface area contributed by atoms with Crippen molar-refractivity contribution in [1.82, 2.24) is 4.57 Å². The van der Waals surface area contributed by atoms with Crippen molar-refractivity contribution in [2.45, 2.75) is 33.2 Å². The summed E-state index contributed by atoms with van der Waals surface area (Å²) in [5, 5.41) is 19.6. The molecule has 0 amide bonds. The molecule has 0 atom stereocenters. The normalized spacial score (nSPS) is 11.6. The van der Waals surface area contributed by atoms with Crippen LogP contribution in [0.3, 0.4) is 0 Å². The number of rotatable bonds is 5. The second kappa shape index (κ2) is 7.95. The van der Waals surface area contributed by atoms with Gasteiger partial charge in [0, 0.05) is 12.8 Å². The predicted molar refractivity (Wildman–Crippen MR) is 92.5 cm³/mol. The highest BCUT2D eigenvalue weighted by molar-refractivity contribution is 5.87. The number of alkyl halides is 3. The van der Waals surface area contributed by atoms with Crippen LogP contribution >= 0.6 is 0 Å². The third-order valence-electron chi connectivity index (χ3n) is 3.71. The van der Waals surface area contributed by atoms with E-state index in [1.54, 1.807) is 0 Å². The van der Waals surface area contributed by atoms with Crippen LogP contribution in [0.1, 0.15) is 30.0 Å². The zero-order valence-corrected chi connectivity index (χ0v) is 14.5. The Kier molecular flexibility index (Phi) is 5.90. The smallest absolute Gasteiger partial charge is 0.494 e. The standard InChI is InChI=1S/C18H16F3N3O3/c1-3-8-24-16(25)14(9-22)11(2)15(17(24)26)10-23-12-4-6-13(7-5-12)27-18(19,20)21/h4-7,10,26H,3,8H2,1-2H3. The van der Waals surface area contributed by atoms with Gasteiger partial charge < -0.3 is 9.84 Å². The first-order valence-electron chi connectivity index (χ1n) is 7.94. The summed E-state index contributed by atoms with van der Waals surface area (Å²) in [5.41, 5.74) is 0.0789. The van der Waals surface area contributed by atoms with E-state index in [4.69, 9.17) is 0 Å². The summed E-state index contributed by atoms with van der Waals surface area (Å²) >= 11 is 0. The number of halogens is 3. The number of nitriles is 1. The average molecular weight is 379 g/mol. The van der Waals surface area contributed by atoms with E-state index in [1.807, 2.05) is 13.0 Å². The van der Waals surface area contributed by atoms with Crippen molar-refractivity contribution >= 4 is 11.9 Å². The molecule has 1 aromatic carbocycles. The zero-order valence-electron chi connectivity index (χ0n) is 14.5. The maximum Gasteiger partial charge on any atom is 0.573 e. The van der Waals surface area contributed by atoms with Gasteiger partial charge in [-0.25, -0.2) is 0 Å². The second-order valence-electron chi connectivity index (χ2n) is 5.61. The van der Waals surface area contributed by atoms with Crippen LogP contribution in [0.15, 0.2) is 34.1 Å². The molecule has 9 heteroatoms. The fourth-order valence-electron chi connectivity index (χ4n) is 2.43. The Morgan fingerprint density at radius 1 is 1.33 bits per heavy atom. The van der Waals surface area contributed by atoms with Crippen molar-refractivity contribution in [2.75, 3.05) is 0 Å². The minimum absolute atomic E-state index is 0.100. The fourth-order valence-corrected chi connectivity index (χ4v) is 2.43. The summed E-state index contributed by atoms with van der Waals surface area (Å²) < 4.78 is 41.4. The molecule has 0 bridgehead atoms. The molecular formula is C18H16F3N3O3. The lowest BCUT2D eigenvalue weighted by molar-refractivity contribution is -0.274. The molecule has 142 valence electrons. The molecule has 0 saturated carbocycles. The lowest BCUT2D eigenvalue weighted by Crippen LogP contribution is -2.25. The van der Waals surface area contributed by atoms with Gasteiger partial charge >= 0.3 is 6.36 Å². The first kappa shape index (κ1) is 20.0. The predicted octanol–water partition coefficient (Wildman–Crippen LogP) is 3.79. The number of hydrogen-bond acceptors (Lipinski definition) is 5. The molecule has 0 aliphatic carbocycles. The molecule has 1 heterocycles. The van der Waals surface area contributed by atoms with Crippen molar-refractivity contribution in [2.24, 2.45) is 4.99 Å². The van der Waals surface area contributed by atoms with Crippen LogP contribution in [0.25, 0.3) is 0 Å². The third kappa shape index (κ3) is 4.67. The van der Waals surface area contributed by atoms with Gasteiger partial charge in [0.25, 0.3) is 5.56 Å². The van der Waals surface area contributed by atoms with Gasteiger partial charge in [-0.2, -0.15) is 5.26 Å². The molecule has 1 N–H and O–H groups in total. The number of benzene rings is 1. The highest BCUT2D eigenvalue weighted by Crippen LogP contribution is 2.26. The highest BCUT2D eigenvalue weighted by Gasteiger charge is 2.30. The van der Waals surface area contributed by atoms with Gasteiger partial charge in [-0.15, -0.1) is 13.2 Å². The highest BCUT2D eigenvalue weighted by atomic mass is 19.4. The molecule has 27 heavy (non-hydrogen) atoms. The Hall–Kier alpha value is -3.28. The molecule has 0 aliphatic rings. The summed E-state index contributed by atoms with van der Waals surface area (Å²) in [7, 11) is 0. The summed E-state index contributed by atoms with van der Waals surface area (Å²) in [6.45, 7) is 3.55. The van der Waals surface area contributed by atoms with Crippen LogP contribution in [-0.2, 0) is 6.54 Å². The SMILES string of the molecule is CCCn1c(O)c(C=Nc2ccc(OC(F)(F)F)cc2)c(C)c(C#N)c1=O.